The third kappa shape index (κ3) is 4.54. The minimum atomic E-state index is -0.516. The summed E-state index contributed by atoms with van der Waals surface area (Å²) in [5.41, 5.74) is -0.0915. The van der Waals surface area contributed by atoms with Crippen molar-refractivity contribution in [2.45, 2.75) is 69.9 Å². The number of carbonyl (C=O) groups excluding carboxylic acids is 1. The van der Waals surface area contributed by atoms with E-state index in [4.69, 9.17) is 9.47 Å². The average Bonchev–Trinajstić information content (AvgIpc) is 2.53. The van der Waals surface area contributed by atoms with E-state index in [1.165, 1.54) is 12.1 Å². The van der Waals surface area contributed by atoms with Gasteiger partial charge in [-0.25, -0.2) is 9.18 Å². The standard InChI is InChI=1S/C20H28FNO4/c1-19(2,3)26-18(24)22-10-8-20(9-11-22)13-16(23)12-17(25-20)14-4-6-15(21)7-5-14/h4-7,16-17,23H,8-13H2,1-3H3. The van der Waals surface area contributed by atoms with Crippen molar-refractivity contribution in [3.8, 4) is 0 Å². The Balaban J connectivity index is 1.65. The molecule has 3 rings (SSSR count). The van der Waals surface area contributed by atoms with E-state index < -0.39 is 17.3 Å². The van der Waals surface area contributed by atoms with Gasteiger partial charge >= 0.3 is 6.09 Å². The Morgan fingerprint density at radius 3 is 2.46 bits per heavy atom. The molecule has 2 heterocycles. The molecule has 2 aliphatic rings. The fourth-order valence-corrected chi connectivity index (χ4v) is 3.78. The van der Waals surface area contributed by atoms with Crippen molar-refractivity contribution in [1.82, 2.24) is 4.90 Å². The molecular formula is C20H28FNO4. The molecule has 2 fully saturated rings. The molecule has 6 heteroatoms. The SMILES string of the molecule is CC(C)(C)OC(=O)N1CCC2(CC1)CC(O)CC(c1ccc(F)cc1)O2. The molecule has 2 unspecified atom stereocenters. The van der Waals surface area contributed by atoms with E-state index in [0.717, 1.165) is 5.56 Å². The maximum atomic E-state index is 13.2. The predicted molar refractivity (Wildman–Crippen MR) is 95.2 cm³/mol. The number of hydrogen-bond donors (Lipinski definition) is 1. The van der Waals surface area contributed by atoms with Gasteiger partial charge in [-0.3, -0.25) is 0 Å². The Morgan fingerprint density at radius 1 is 1.27 bits per heavy atom. The van der Waals surface area contributed by atoms with E-state index in [9.17, 15) is 14.3 Å². The lowest BCUT2D eigenvalue weighted by atomic mass is 9.81. The van der Waals surface area contributed by atoms with Crippen molar-refractivity contribution in [3.63, 3.8) is 0 Å². The van der Waals surface area contributed by atoms with Crippen molar-refractivity contribution in [2.75, 3.05) is 13.1 Å². The van der Waals surface area contributed by atoms with Crippen LogP contribution >= 0.6 is 0 Å². The van der Waals surface area contributed by atoms with Gasteiger partial charge in [-0.15, -0.1) is 0 Å². The summed E-state index contributed by atoms with van der Waals surface area (Å²) in [6.07, 6.45) is 1.34. The number of amides is 1. The van der Waals surface area contributed by atoms with Crippen LogP contribution in [0.25, 0.3) is 0 Å². The summed E-state index contributed by atoms with van der Waals surface area (Å²) in [4.78, 5) is 13.9. The second-order valence-electron chi connectivity index (χ2n) is 8.40. The molecule has 144 valence electrons. The van der Waals surface area contributed by atoms with Gasteiger partial charge in [-0.1, -0.05) is 12.1 Å². The maximum Gasteiger partial charge on any atom is 0.410 e. The summed E-state index contributed by atoms with van der Waals surface area (Å²) < 4.78 is 25.0. The van der Waals surface area contributed by atoms with Gasteiger partial charge in [0.2, 0.25) is 0 Å². The quantitative estimate of drug-likeness (QED) is 0.822. The van der Waals surface area contributed by atoms with Gasteiger partial charge in [0, 0.05) is 25.9 Å². The molecule has 1 aromatic carbocycles. The van der Waals surface area contributed by atoms with Crippen molar-refractivity contribution >= 4 is 6.09 Å². The fourth-order valence-electron chi connectivity index (χ4n) is 3.78. The Kier molecular flexibility index (Phi) is 5.26. The molecule has 2 aliphatic heterocycles. The smallest absolute Gasteiger partial charge is 0.410 e. The fraction of sp³-hybridized carbons (Fsp3) is 0.650. The van der Waals surface area contributed by atoms with Crippen molar-refractivity contribution in [2.24, 2.45) is 0 Å². The number of carbonyl (C=O) groups is 1. The first-order valence-corrected chi connectivity index (χ1v) is 9.25. The third-order valence-corrected chi connectivity index (χ3v) is 5.05. The molecule has 1 N–H and O–H groups in total. The van der Waals surface area contributed by atoms with Gasteiger partial charge in [0.25, 0.3) is 0 Å². The summed E-state index contributed by atoms with van der Waals surface area (Å²) in [7, 11) is 0. The zero-order valence-electron chi connectivity index (χ0n) is 15.7. The van der Waals surface area contributed by atoms with Crippen molar-refractivity contribution < 1.29 is 23.8 Å². The Bertz CT molecular complexity index is 632. The lowest BCUT2D eigenvalue weighted by Gasteiger charge is -2.48. The zero-order chi connectivity index (χ0) is 18.9. The number of nitrogens with zero attached hydrogens (tertiary/aromatic N) is 1. The topological polar surface area (TPSA) is 59.0 Å². The lowest BCUT2D eigenvalue weighted by molar-refractivity contribution is -0.182. The predicted octanol–water partition coefficient (Wildman–Crippen LogP) is 3.81. The summed E-state index contributed by atoms with van der Waals surface area (Å²) in [6, 6.07) is 6.25. The highest BCUT2D eigenvalue weighted by Gasteiger charge is 2.44. The maximum absolute atomic E-state index is 13.2. The molecule has 0 bridgehead atoms. The molecule has 1 spiro atoms. The molecule has 2 saturated heterocycles. The van der Waals surface area contributed by atoms with E-state index in [0.29, 0.717) is 38.8 Å². The first kappa shape index (κ1) is 19.1. The van der Waals surface area contributed by atoms with Crippen LogP contribution in [0.1, 0.15) is 58.1 Å². The molecule has 0 radical (unpaired) electrons. The van der Waals surface area contributed by atoms with Crippen molar-refractivity contribution in [1.29, 1.82) is 0 Å². The van der Waals surface area contributed by atoms with Gasteiger partial charge in [0.05, 0.1) is 17.8 Å². The number of rotatable bonds is 1. The number of ether oxygens (including phenoxy) is 2. The van der Waals surface area contributed by atoms with Crippen LogP contribution in [0.5, 0.6) is 0 Å². The average molecular weight is 365 g/mol. The van der Waals surface area contributed by atoms with Crippen LogP contribution in [0.15, 0.2) is 24.3 Å². The van der Waals surface area contributed by atoms with E-state index in [1.807, 2.05) is 20.8 Å². The molecule has 5 nitrogen and oxygen atoms in total. The molecule has 26 heavy (non-hydrogen) atoms. The van der Waals surface area contributed by atoms with Crippen LogP contribution in [0, 0.1) is 5.82 Å². The minimum Gasteiger partial charge on any atom is -0.444 e. The number of benzene rings is 1. The van der Waals surface area contributed by atoms with Gasteiger partial charge in [0.1, 0.15) is 11.4 Å². The summed E-state index contributed by atoms with van der Waals surface area (Å²) >= 11 is 0. The second kappa shape index (κ2) is 7.16. The number of piperidine rings is 1. The molecule has 1 amide bonds. The highest BCUT2D eigenvalue weighted by molar-refractivity contribution is 5.68. The minimum absolute atomic E-state index is 0.257. The van der Waals surface area contributed by atoms with Crippen LogP contribution in [-0.2, 0) is 9.47 Å². The Morgan fingerprint density at radius 2 is 1.88 bits per heavy atom. The highest BCUT2D eigenvalue weighted by atomic mass is 19.1. The van der Waals surface area contributed by atoms with Crippen molar-refractivity contribution in [3.05, 3.63) is 35.6 Å². The number of aliphatic hydroxyl groups is 1. The second-order valence-corrected chi connectivity index (χ2v) is 8.40. The van der Waals surface area contributed by atoms with E-state index in [1.54, 1.807) is 17.0 Å². The zero-order valence-corrected chi connectivity index (χ0v) is 15.7. The largest absolute Gasteiger partial charge is 0.444 e. The van der Waals surface area contributed by atoms with Crippen LogP contribution in [-0.4, -0.2) is 46.5 Å². The monoisotopic (exact) mass is 365 g/mol. The van der Waals surface area contributed by atoms with Crippen LogP contribution in [0.3, 0.4) is 0 Å². The molecule has 0 aliphatic carbocycles. The number of aliphatic hydroxyl groups excluding tert-OH is 1. The number of hydrogen-bond acceptors (Lipinski definition) is 4. The third-order valence-electron chi connectivity index (χ3n) is 5.05. The van der Waals surface area contributed by atoms with E-state index in [2.05, 4.69) is 0 Å². The van der Waals surface area contributed by atoms with Crippen LogP contribution < -0.4 is 0 Å². The number of likely N-dealkylation sites (tertiary alicyclic amines) is 1. The summed E-state index contributed by atoms with van der Waals surface area (Å²) in [5, 5.41) is 10.4. The molecular weight excluding hydrogens is 337 g/mol. The van der Waals surface area contributed by atoms with Gasteiger partial charge < -0.3 is 19.5 Å². The first-order chi connectivity index (χ1) is 12.2. The van der Waals surface area contributed by atoms with E-state index >= 15 is 0 Å². The van der Waals surface area contributed by atoms with E-state index in [-0.39, 0.29) is 18.0 Å². The lowest BCUT2D eigenvalue weighted by Crippen LogP contribution is -2.52. The van der Waals surface area contributed by atoms with Gasteiger partial charge in [-0.05, 0) is 51.3 Å². The molecule has 2 atom stereocenters. The Labute approximate surface area is 154 Å². The van der Waals surface area contributed by atoms with Crippen LogP contribution in [0.4, 0.5) is 9.18 Å². The number of halogens is 1. The normalized spacial score (nSPS) is 26.0. The Hall–Kier alpha value is -1.66. The van der Waals surface area contributed by atoms with Gasteiger partial charge in [0.15, 0.2) is 0 Å². The molecule has 0 aromatic heterocycles. The van der Waals surface area contributed by atoms with Crippen LogP contribution in [0.2, 0.25) is 0 Å². The first-order valence-electron chi connectivity index (χ1n) is 9.25. The molecule has 1 aromatic rings. The summed E-state index contributed by atoms with van der Waals surface area (Å²) in [5.74, 6) is -0.287. The van der Waals surface area contributed by atoms with Gasteiger partial charge in [-0.2, -0.15) is 0 Å². The highest BCUT2D eigenvalue weighted by Crippen LogP contribution is 2.43. The summed E-state index contributed by atoms with van der Waals surface area (Å²) in [6.45, 7) is 6.63. The molecule has 0 saturated carbocycles.